The smallest absolute Gasteiger partial charge is 0.210 e. The van der Waals surface area contributed by atoms with Gasteiger partial charge in [0.05, 0.1) is 5.75 Å². The number of hydrogen-bond donors (Lipinski definition) is 1. The first-order valence-corrected chi connectivity index (χ1v) is 9.84. The number of anilines is 2. The summed E-state index contributed by atoms with van der Waals surface area (Å²) in [5, 5.41) is 22.8. The Hall–Kier alpha value is -2.71. The van der Waals surface area contributed by atoms with Crippen LogP contribution in [0, 0.1) is 6.92 Å². The van der Waals surface area contributed by atoms with Crippen molar-refractivity contribution in [1.82, 2.24) is 25.0 Å². The molecule has 26 heavy (non-hydrogen) atoms. The minimum atomic E-state index is 0.694. The van der Waals surface area contributed by atoms with E-state index in [4.69, 9.17) is 0 Å². The van der Waals surface area contributed by atoms with E-state index in [0.29, 0.717) is 5.75 Å². The Morgan fingerprint density at radius 1 is 0.923 bits per heavy atom. The van der Waals surface area contributed by atoms with Crippen molar-refractivity contribution in [2.45, 2.75) is 17.8 Å². The molecular formula is C18H16N6S2. The molecule has 0 bridgehead atoms. The maximum absolute atomic E-state index is 4.30. The predicted octanol–water partition coefficient (Wildman–Crippen LogP) is 4.46. The third-order valence-electron chi connectivity index (χ3n) is 3.63. The van der Waals surface area contributed by atoms with Crippen molar-refractivity contribution in [2.75, 3.05) is 5.32 Å². The van der Waals surface area contributed by atoms with Crippen LogP contribution in [-0.2, 0) is 5.75 Å². The van der Waals surface area contributed by atoms with Gasteiger partial charge in [-0.15, -0.1) is 20.4 Å². The van der Waals surface area contributed by atoms with Gasteiger partial charge in [-0.1, -0.05) is 59.5 Å². The van der Waals surface area contributed by atoms with Crippen LogP contribution in [-0.4, -0.2) is 25.0 Å². The Labute approximate surface area is 159 Å². The molecule has 0 aliphatic rings. The van der Waals surface area contributed by atoms with Gasteiger partial charge in [0.15, 0.2) is 5.16 Å². The highest BCUT2D eigenvalue weighted by molar-refractivity contribution is 7.98. The van der Waals surface area contributed by atoms with E-state index in [-0.39, 0.29) is 0 Å². The van der Waals surface area contributed by atoms with Crippen molar-refractivity contribution < 1.29 is 0 Å². The van der Waals surface area contributed by atoms with Crippen molar-refractivity contribution in [3.63, 3.8) is 0 Å². The lowest BCUT2D eigenvalue weighted by atomic mass is 10.3. The first-order chi connectivity index (χ1) is 12.8. The molecule has 0 fully saturated rings. The average molecular weight is 381 g/mol. The van der Waals surface area contributed by atoms with Crippen molar-refractivity contribution in [1.29, 1.82) is 0 Å². The molecule has 0 amide bonds. The van der Waals surface area contributed by atoms with E-state index in [2.05, 4.69) is 30.3 Å². The molecule has 0 atom stereocenters. The maximum atomic E-state index is 4.30. The summed E-state index contributed by atoms with van der Waals surface area (Å²) in [4.78, 5) is 0. The largest absolute Gasteiger partial charge is 0.330 e. The van der Waals surface area contributed by atoms with Crippen molar-refractivity contribution >= 4 is 33.9 Å². The Morgan fingerprint density at radius 2 is 1.65 bits per heavy atom. The quantitative estimate of drug-likeness (QED) is 0.498. The second-order valence-electron chi connectivity index (χ2n) is 5.48. The van der Waals surface area contributed by atoms with Gasteiger partial charge in [0.2, 0.25) is 5.13 Å². The van der Waals surface area contributed by atoms with Crippen LogP contribution in [0.2, 0.25) is 0 Å². The van der Waals surface area contributed by atoms with Crippen LogP contribution in [0.4, 0.5) is 10.8 Å². The fourth-order valence-electron chi connectivity index (χ4n) is 2.44. The van der Waals surface area contributed by atoms with E-state index in [1.807, 2.05) is 67.6 Å². The summed E-state index contributed by atoms with van der Waals surface area (Å²) >= 11 is 3.15. The van der Waals surface area contributed by atoms with Gasteiger partial charge in [0.25, 0.3) is 0 Å². The highest BCUT2D eigenvalue weighted by atomic mass is 32.2. The summed E-state index contributed by atoms with van der Waals surface area (Å²) < 4.78 is 2.05. The van der Waals surface area contributed by atoms with Crippen molar-refractivity contribution in [3.8, 4) is 5.69 Å². The number of rotatable bonds is 6. The lowest BCUT2D eigenvalue weighted by molar-refractivity contribution is 0.867. The fourth-order valence-corrected chi connectivity index (χ4v) is 4.19. The SMILES string of the molecule is Cc1nnc(SCc2nnc(Nc3ccccc3)s2)n1-c1ccccc1. The number of aryl methyl sites for hydroxylation is 1. The molecule has 2 heterocycles. The van der Waals surface area contributed by atoms with Crippen LogP contribution < -0.4 is 5.32 Å². The van der Waals surface area contributed by atoms with E-state index < -0.39 is 0 Å². The maximum Gasteiger partial charge on any atom is 0.210 e. The monoisotopic (exact) mass is 380 g/mol. The van der Waals surface area contributed by atoms with Gasteiger partial charge in [-0.05, 0) is 31.2 Å². The van der Waals surface area contributed by atoms with Gasteiger partial charge >= 0.3 is 0 Å². The minimum Gasteiger partial charge on any atom is -0.330 e. The predicted molar refractivity (Wildman–Crippen MR) is 105 cm³/mol. The van der Waals surface area contributed by atoms with Gasteiger partial charge in [0, 0.05) is 11.4 Å². The van der Waals surface area contributed by atoms with Gasteiger partial charge in [-0.25, -0.2) is 0 Å². The molecule has 0 spiro atoms. The summed E-state index contributed by atoms with van der Waals surface area (Å²) in [7, 11) is 0. The topological polar surface area (TPSA) is 68.5 Å². The third kappa shape index (κ3) is 3.76. The van der Waals surface area contributed by atoms with Gasteiger partial charge in [-0.3, -0.25) is 4.57 Å². The summed E-state index contributed by atoms with van der Waals surface area (Å²) in [5.74, 6) is 1.56. The molecule has 8 heteroatoms. The Bertz CT molecular complexity index is 981. The lowest BCUT2D eigenvalue weighted by Gasteiger charge is -2.07. The zero-order valence-electron chi connectivity index (χ0n) is 14.0. The molecule has 6 nitrogen and oxygen atoms in total. The highest BCUT2D eigenvalue weighted by Crippen LogP contribution is 2.28. The normalized spacial score (nSPS) is 10.8. The Kier molecular flexibility index (Phi) is 4.94. The molecule has 0 radical (unpaired) electrons. The Morgan fingerprint density at radius 3 is 2.42 bits per heavy atom. The molecule has 1 N–H and O–H groups in total. The summed E-state index contributed by atoms with van der Waals surface area (Å²) in [6, 6.07) is 20.1. The molecule has 4 aromatic rings. The summed E-state index contributed by atoms with van der Waals surface area (Å²) in [6.07, 6.45) is 0. The van der Waals surface area contributed by atoms with Crippen molar-refractivity contribution in [3.05, 3.63) is 71.5 Å². The highest BCUT2D eigenvalue weighted by Gasteiger charge is 2.13. The number of hydrogen-bond acceptors (Lipinski definition) is 7. The van der Waals surface area contributed by atoms with E-state index in [1.165, 1.54) is 0 Å². The second-order valence-corrected chi connectivity index (χ2v) is 7.49. The van der Waals surface area contributed by atoms with Gasteiger partial charge in [-0.2, -0.15) is 0 Å². The average Bonchev–Trinajstić information content (AvgIpc) is 3.28. The van der Waals surface area contributed by atoms with Crippen LogP contribution in [0.15, 0.2) is 65.8 Å². The molecule has 4 rings (SSSR count). The van der Waals surface area contributed by atoms with Gasteiger partial charge < -0.3 is 5.32 Å². The first-order valence-electron chi connectivity index (χ1n) is 8.04. The minimum absolute atomic E-state index is 0.694. The molecule has 0 unspecified atom stereocenters. The molecule has 2 aromatic carbocycles. The van der Waals surface area contributed by atoms with E-state index in [0.717, 1.165) is 32.5 Å². The number of para-hydroxylation sites is 2. The van der Waals surface area contributed by atoms with Crippen LogP contribution in [0.3, 0.4) is 0 Å². The molecule has 130 valence electrons. The van der Waals surface area contributed by atoms with Crippen LogP contribution in [0.5, 0.6) is 0 Å². The number of thioether (sulfide) groups is 1. The standard InChI is InChI=1S/C18H16N6S2/c1-13-20-23-18(24(13)15-10-6-3-7-11-15)25-12-16-21-22-17(26-16)19-14-8-4-2-5-9-14/h2-11H,12H2,1H3,(H,19,22). The van der Waals surface area contributed by atoms with E-state index in [1.54, 1.807) is 23.1 Å². The molecule has 2 aromatic heterocycles. The fraction of sp³-hybridized carbons (Fsp3) is 0.111. The van der Waals surface area contributed by atoms with Crippen LogP contribution in [0.1, 0.15) is 10.8 Å². The Balaban J connectivity index is 1.46. The number of benzene rings is 2. The zero-order chi connectivity index (χ0) is 17.8. The molecule has 0 saturated heterocycles. The number of nitrogens with zero attached hydrogens (tertiary/aromatic N) is 5. The lowest BCUT2D eigenvalue weighted by Crippen LogP contribution is -1.98. The van der Waals surface area contributed by atoms with Gasteiger partial charge in [0.1, 0.15) is 10.8 Å². The number of nitrogens with one attached hydrogen (secondary N) is 1. The van der Waals surface area contributed by atoms with Crippen LogP contribution in [0.25, 0.3) is 5.69 Å². The van der Waals surface area contributed by atoms with E-state index in [9.17, 15) is 0 Å². The molecular weight excluding hydrogens is 364 g/mol. The molecule has 0 saturated carbocycles. The third-order valence-corrected chi connectivity index (χ3v) is 5.59. The second kappa shape index (κ2) is 7.67. The first kappa shape index (κ1) is 16.7. The van der Waals surface area contributed by atoms with Crippen LogP contribution >= 0.6 is 23.1 Å². The zero-order valence-corrected chi connectivity index (χ0v) is 15.7. The molecule has 0 aliphatic carbocycles. The van der Waals surface area contributed by atoms with Crippen molar-refractivity contribution in [2.24, 2.45) is 0 Å². The number of aromatic nitrogens is 5. The molecule has 0 aliphatic heterocycles. The summed E-state index contributed by atoms with van der Waals surface area (Å²) in [6.45, 7) is 1.96. The van der Waals surface area contributed by atoms with E-state index >= 15 is 0 Å². The summed E-state index contributed by atoms with van der Waals surface area (Å²) in [5.41, 5.74) is 2.06.